The van der Waals surface area contributed by atoms with E-state index < -0.39 is 0 Å². The van der Waals surface area contributed by atoms with Gasteiger partial charge in [-0.05, 0) is 6.92 Å². The lowest BCUT2D eigenvalue weighted by atomic mass is 10.2. The van der Waals surface area contributed by atoms with Crippen LogP contribution in [0.2, 0.25) is 0 Å². The largest absolute Gasteiger partial charge is 0.392 e. The molecule has 3 nitrogen and oxygen atoms in total. The molecular formula is C6H14ClNO2. The first-order valence-electron chi connectivity index (χ1n) is 3.30. The van der Waals surface area contributed by atoms with E-state index in [1.807, 2.05) is 0 Å². The molecule has 2 atom stereocenters. The summed E-state index contributed by atoms with van der Waals surface area (Å²) in [5.41, 5.74) is 0. The van der Waals surface area contributed by atoms with Gasteiger partial charge in [-0.3, -0.25) is 0 Å². The number of aliphatic hydroxyl groups excluding tert-OH is 1. The molecule has 1 fully saturated rings. The fraction of sp³-hybridized carbons (Fsp3) is 1.00. The van der Waals surface area contributed by atoms with Gasteiger partial charge in [-0.25, -0.2) is 0 Å². The maximum Gasteiger partial charge on any atom is 0.0687 e. The number of nitrogens with one attached hydrogen (secondary N) is 1. The molecule has 62 valence electrons. The Kier molecular flexibility index (Phi) is 4.99. The van der Waals surface area contributed by atoms with Crippen molar-refractivity contribution in [3.63, 3.8) is 0 Å². The molecule has 0 bridgehead atoms. The van der Waals surface area contributed by atoms with Crippen LogP contribution in [0.25, 0.3) is 0 Å². The second-order valence-corrected chi connectivity index (χ2v) is 2.38. The lowest BCUT2D eigenvalue weighted by Crippen LogP contribution is -2.47. The summed E-state index contributed by atoms with van der Waals surface area (Å²) in [6, 6.07) is 0.138. The molecular weight excluding hydrogens is 154 g/mol. The van der Waals surface area contributed by atoms with E-state index in [1.54, 1.807) is 6.92 Å². The summed E-state index contributed by atoms with van der Waals surface area (Å²) >= 11 is 0. The van der Waals surface area contributed by atoms with Crippen LogP contribution in [0.1, 0.15) is 6.92 Å². The predicted molar refractivity (Wildman–Crippen MR) is 41.5 cm³/mol. The number of rotatable bonds is 1. The monoisotopic (exact) mass is 167 g/mol. The normalized spacial score (nSPS) is 28.8. The summed E-state index contributed by atoms with van der Waals surface area (Å²) in [5, 5.41) is 12.2. The van der Waals surface area contributed by atoms with Gasteiger partial charge in [0.15, 0.2) is 0 Å². The maximum atomic E-state index is 9.03. The van der Waals surface area contributed by atoms with Crippen LogP contribution in [0.4, 0.5) is 0 Å². The third-order valence-electron chi connectivity index (χ3n) is 1.53. The Morgan fingerprint density at radius 1 is 1.70 bits per heavy atom. The molecule has 0 radical (unpaired) electrons. The van der Waals surface area contributed by atoms with Crippen molar-refractivity contribution in [1.29, 1.82) is 0 Å². The fourth-order valence-corrected chi connectivity index (χ4v) is 0.896. The molecule has 2 N–H and O–H groups in total. The molecule has 1 aliphatic rings. The predicted octanol–water partition coefficient (Wildman–Crippen LogP) is -0.223. The van der Waals surface area contributed by atoms with Crippen molar-refractivity contribution in [1.82, 2.24) is 5.32 Å². The Bertz CT molecular complexity index is 83.8. The quantitative estimate of drug-likeness (QED) is 0.568. The van der Waals surface area contributed by atoms with Crippen molar-refractivity contribution in [3.8, 4) is 0 Å². The van der Waals surface area contributed by atoms with E-state index in [-0.39, 0.29) is 24.6 Å². The van der Waals surface area contributed by atoms with Crippen molar-refractivity contribution in [2.24, 2.45) is 0 Å². The van der Waals surface area contributed by atoms with E-state index in [2.05, 4.69) is 5.32 Å². The molecule has 1 heterocycles. The van der Waals surface area contributed by atoms with Gasteiger partial charge in [0.1, 0.15) is 0 Å². The van der Waals surface area contributed by atoms with Crippen LogP contribution in [0.3, 0.4) is 0 Å². The SMILES string of the molecule is CC(O)[C@@H]1COCCN1.Cl. The molecule has 10 heavy (non-hydrogen) atoms. The zero-order valence-electron chi connectivity index (χ0n) is 6.04. The van der Waals surface area contributed by atoms with Gasteiger partial charge in [-0.1, -0.05) is 0 Å². The molecule has 1 saturated heterocycles. The van der Waals surface area contributed by atoms with Crippen molar-refractivity contribution in [3.05, 3.63) is 0 Å². The highest BCUT2D eigenvalue weighted by Crippen LogP contribution is 1.97. The van der Waals surface area contributed by atoms with Crippen molar-refractivity contribution < 1.29 is 9.84 Å². The highest BCUT2D eigenvalue weighted by atomic mass is 35.5. The molecule has 1 unspecified atom stereocenters. The van der Waals surface area contributed by atoms with Crippen LogP contribution < -0.4 is 5.32 Å². The minimum Gasteiger partial charge on any atom is -0.392 e. The van der Waals surface area contributed by atoms with E-state index in [0.717, 1.165) is 13.2 Å². The molecule has 4 heteroatoms. The Morgan fingerprint density at radius 2 is 2.40 bits per heavy atom. The zero-order valence-corrected chi connectivity index (χ0v) is 6.86. The van der Waals surface area contributed by atoms with Gasteiger partial charge in [0.25, 0.3) is 0 Å². The molecule has 0 aliphatic carbocycles. The smallest absolute Gasteiger partial charge is 0.0687 e. The molecule has 0 aromatic rings. The zero-order chi connectivity index (χ0) is 6.69. The summed E-state index contributed by atoms with van der Waals surface area (Å²) in [6.07, 6.45) is -0.301. The first-order chi connectivity index (χ1) is 4.30. The average molecular weight is 168 g/mol. The van der Waals surface area contributed by atoms with Gasteiger partial charge in [0, 0.05) is 6.54 Å². The van der Waals surface area contributed by atoms with Gasteiger partial charge >= 0.3 is 0 Å². The number of hydrogen-bond donors (Lipinski definition) is 2. The molecule has 0 amide bonds. The first kappa shape index (κ1) is 10.2. The number of ether oxygens (including phenoxy) is 1. The van der Waals surface area contributed by atoms with E-state index in [9.17, 15) is 0 Å². The van der Waals surface area contributed by atoms with Gasteiger partial charge in [-0.15, -0.1) is 12.4 Å². The highest BCUT2D eigenvalue weighted by molar-refractivity contribution is 5.85. The Labute approximate surface area is 67.2 Å². The standard InChI is InChI=1S/C6H13NO2.ClH/c1-5(8)6-4-9-3-2-7-6;/h5-8H,2-4H2,1H3;1H/t5?,6-;/m0./s1. The Morgan fingerprint density at radius 3 is 2.70 bits per heavy atom. The number of morpholine rings is 1. The van der Waals surface area contributed by atoms with Gasteiger partial charge in [0.05, 0.1) is 25.4 Å². The van der Waals surface area contributed by atoms with Crippen molar-refractivity contribution >= 4 is 12.4 Å². The average Bonchev–Trinajstić information content (AvgIpc) is 1.90. The lowest BCUT2D eigenvalue weighted by molar-refractivity contribution is 0.0253. The van der Waals surface area contributed by atoms with Crippen LogP contribution in [-0.2, 0) is 4.74 Å². The molecule has 0 aromatic heterocycles. The number of hydrogen-bond acceptors (Lipinski definition) is 3. The van der Waals surface area contributed by atoms with E-state index >= 15 is 0 Å². The van der Waals surface area contributed by atoms with Crippen LogP contribution in [0.15, 0.2) is 0 Å². The minimum absolute atomic E-state index is 0. The van der Waals surface area contributed by atoms with Gasteiger partial charge < -0.3 is 15.2 Å². The van der Waals surface area contributed by atoms with Crippen LogP contribution >= 0.6 is 12.4 Å². The first-order valence-corrected chi connectivity index (χ1v) is 3.30. The summed E-state index contributed by atoms with van der Waals surface area (Å²) in [5.74, 6) is 0. The maximum absolute atomic E-state index is 9.03. The van der Waals surface area contributed by atoms with Crippen molar-refractivity contribution in [2.45, 2.75) is 19.1 Å². The summed E-state index contributed by atoms with van der Waals surface area (Å²) in [7, 11) is 0. The minimum atomic E-state index is -0.301. The highest BCUT2D eigenvalue weighted by Gasteiger charge is 2.16. The second-order valence-electron chi connectivity index (χ2n) is 2.38. The number of aliphatic hydroxyl groups is 1. The summed E-state index contributed by atoms with van der Waals surface area (Å²) in [4.78, 5) is 0. The third kappa shape index (κ3) is 2.84. The van der Waals surface area contributed by atoms with Crippen LogP contribution in [-0.4, -0.2) is 37.0 Å². The van der Waals surface area contributed by atoms with E-state index in [0.29, 0.717) is 6.61 Å². The molecule has 1 rings (SSSR count). The molecule has 0 spiro atoms. The van der Waals surface area contributed by atoms with E-state index in [1.165, 1.54) is 0 Å². The van der Waals surface area contributed by atoms with Gasteiger partial charge in [-0.2, -0.15) is 0 Å². The Hall–Kier alpha value is 0.170. The van der Waals surface area contributed by atoms with Crippen LogP contribution in [0.5, 0.6) is 0 Å². The molecule has 0 saturated carbocycles. The summed E-state index contributed by atoms with van der Waals surface area (Å²) in [6.45, 7) is 4.03. The van der Waals surface area contributed by atoms with Crippen LogP contribution in [0, 0.1) is 0 Å². The second kappa shape index (κ2) is 4.91. The topological polar surface area (TPSA) is 41.5 Å². The van der Waals surface area contributed by atoms with Crippen molar-refractivity contribution in [2.75, 3.05) is 19.8 Å². The summed E-state index contributed by atoms with van der Waals surface area (Å²) < 4.78 is 5.12. The van der Waals surface area contributed by atoms with E-state index in [4.69, 9.17) is 9.84 Å². The molecule has 1 aliphatic heterocycles. The lowest BCUT2D eigenvalue weighted by Gasteiger charge is -2.25. The molecule has 0 aromatic carbocycles. The van der Waals surface area contributed by atoms with Gasteiger partial charge in [0.2, 0.25) is 0 Å². The Balaban J connectivity index is 0.000000810. The third-order valence-corrected chi connectivity index (χ3v) is 1.53. The number of halogens is 1. The fourth-order valence-electron chi connectivity index (χ4n) is 0.896.